The summed E-state index contributed by atoms with van der Waals surface area (Å²) in [6.07, 6.45) is 2.56. The molecular weight excluding hydrogens is 374 g/mol. The molecule has 0 fully saturated rings. The topological polar surface area (TPSA) is 55.4 Å². The second-order valence-corrected chi connectivity index (χ2v) is 11.7. The molecule has 1 N–H and O–H groups in total. The highest BCUT2D eigenvalue weighted by Gasteiger charge is 2.34. The molecule has 0 aliphatic carbocycles. The number of nitrogens with one attached hydrogen (secondary N) is 1. The monoisotopic (exact) mass is 417 g/mol. The largest absolute Gasteiger partial charge is 0.465 e. The van der Waals surface area contributed by atoms with Crippen molar-refractivity contribution in [3.63, 3.8) is 0 Å². The number of halogens is 1. The van der Waals surface area contributed by atoms with E-state index in [1.165, 1.54) is 0 Å². The van der Waals surface area contributed by atoms with Crippen LogP contribution in [0.15, 0.2) is 0 Å². The highest BCUT2D eigenvalue weighted by atomic mass is 35.5. The number of ether oxygens (including phenoxy) is 1. The van der Waals surface area contributed by atoms with Gasteiger partial charge in [0.1, 0.15) is 0 Å². The van der Waals surface area contributed by atoms with E-state index in [9.17, 15) is 9.59 Å². The Labute approximate surface area is 178 Å². The fraction of sp³-hybridized carbons (Fsp3) is 0.913. The zero-order chi connectivity index (χ0) is 22.4. The van der Waals surface area contributed by atoms with E-state index >= 15 is 0 Å². The molecule has 5 heteroatoms. The van der Waals surface area contributed by atoms with Crippen LogP contribution in [-0.2, 0) is 14.3 Å². The molecular formula is C23H44ClNO3. The molecule has 28 heavy (non-hydrogen) atoms. The van der Waals surface area contributed by atoms with Crippen LogP contribution in [0.2, 0.25) is 0 Å². The van der Waals surface area contributed by atoms with Crippen molar-refractivity contribution in [2.45, 2.75) is 107 Å². The Morgan fingerprint density at radius 2 is 1.54 bits per heavy atom. The first kappa shape index (κ1) is 27.4. The molecule has 0 aliphatic heterocycles. The fourth-order valence-electron chi connectivity index (χ4n) is 3.40. The van der Waals surface area contributed by atoms with E-state index in [0.29, 0.717) is 18.9 Å². The average molecular weight is 418 g/mol. The van der Waals surface area contributed by atoms with E-state index < -0.39 is 5.41 Å². The van der Waals surface area contributed by atoms with Gasteiger partial charge in [0.2, 0.25) is 0 Å². The van der Waals surface area contributed by atoms with Crippen LogP contribution in [0.1, 0.15) is 94.9 Å². The van der Waals surface area contributed by atoms with Crippen LogP contribution in [0.25, 0.3) is 0 Å². The van der Waals surface area contributed by atoms with Crippen molar-refractivity contribution in [2.75, 3.05) is 12.5 Å². The third-order valence-electron chi connectivity index (χ3n) is 5.01. The zero-order valence-corrected chi connectivity index (χ0v) is 20.7. The molecule has 2 atom stereocenters. The quantitative estimate of drug-likeness (QED) is 0.343. The molecule has 0 saturated carbocycles. The van der Waals surface area contributed by atoms with Crippen LogP contribution in [0, 0.1) is 16.2 Å². The Bertz CT molecular complexity index is 511. The van der Waals surface area contributed by atoms with Gasteiger partial charge < -0.3 is 10.1 Å². The van der Waals surface area contributed by atoms with Crippen molar-refractivity contribution in [3.05, 3.63) is 0 Å². The van der Waals surface area contributed by atoms with Crippen molar-refractivity contribution in [2.24, 2.45) is 16.2 Å². The Balaban J connectivity index is 4.80. The number of alkyl halides is 1. The average Bonchev–Trinajstić information content (AvgIpc) is 2.53. The van der Waals surface area contributed by atoms with E-state index in [0.717, 1.165) is 12.8 Å². The number of Topliss-reactive ketones (excluding diaryl/α,β-unsaturated/α-hetero) is 1. The lowest BCUT2D eigenvalue weighted by molar-refractivity contribution is -0.147. The van der Waals surface area contributed by atoms with Crippen molar-refractivity contribution in [1.29, 1.82) is 0 Å². The lowest BCUT2D eigenvalue weighted by Gasteiger charge is -2.35. The third-order valence-corrected chi connectivity index (χ3v) is 5.65. The summed E-state index contributed by atoms with van der Waals surface area (Å²) >= 11 is 6.13. The van der Waals surface area contributed by atoms with E-state index in [4.69, 9.17) is 16.3 Å². The summed E-state index contributed by atoms with van der Waals surface area (Å²) in [6, 6.07) is -0.361. The molecule has 166 valence electrons. The normalized spacial score (nSPS) is 16.4. The highest BCUT2D eigenvalue weighted by molar-refractivity contribution is 6.18. The van der Waals surface area contributed by atoms with Gasteiger partial charge in [-0.05, 0) is 50.9 Å². The summed E-state index contributed by atoms with van der Waals surface area (Å²) in [6.45, 7) is 20.7. The second-order valence-electron chi connectivity index (χ2n) is 11.4. The number of esters is 1. The summed E-state index contributed by atoms with van der Waals surface area (Å²) in [5, 5.41) is 3.36. The third kappa shape index (κ3) is 10.8. The molecule has 0 aromatic heterocycles. The summed E-state index contributed by atoms with van der Waals surface area (Å²) in [4.78, 5) is 25.1. The molecule has 0 aromatic rings. The minimum Gasteiger partial charge on any atom is -0.465 e. The predicted octanol–water partition coefficient (Wildman–Crippen LogP) is 5.75. The summed E-state index contributed by atoms with van der Waals surface area (Å²) < 4.78 is 5.57. The molecule has 0 spiro atoms. The van der Waals surface area contributed by atoms with E-state index in [2.05, 4.69) is 33.0 Å². The van der Waals surface area contributed by atoms with Crippen LogP contribution in [-0.4, -0.2) is 35.8 Å². The minimum atomic E-state index is -0.457. The Morgan fingerprint density at radius 1 is 1.00 bits per heavy atom. The van der Waals surface area contributed by atoms with Crippen LogP contribution in [0.5, 0.6) is 0 Å². The number of hydrogen-bond acceptors (Lipinski definition) is 4. The summed E-state index contributed by atoms with van der Waals surface area (Å²) in [5.74, 6) is 0.464. The maximum absolute atomic E-state index is 12.8. The van der Waals surface area contributed by atoms with Gasteiger partial charge in [0.25, 0.3) is 0 Å². The molecule has 0 amide bonds. The molecule has 0 aliphatic rings. The number of hydrogen-bond donors (Lipinski definition) is 1. The van der Waals surface area contributed by atoms with Gasteiger partial charge >= 0.3 is 5.97 Å². The molecule has 0 saturated heterocycles. The first-order valence-electron chi connectivity index (χ1n) is 10.5. The second kappa shape index (κ2) is 10.4. The minimum absolute atomic E-state index is 0.0400. The summed E-state index contributed by atoms with van der Waals surface area (Å²) in [5.41, 5.74) is -0.761. The zero-order valence-electron chi connectivity index (χ0n) is 19.9. The lowest BCUT2D eigenvalue weighted by atomic mass is 9.74. The van der Waals surface area contributed by atoms with E-state index in [-0.39, 0.29) is 40.6 Å². The van der Waals surface area contributed by atoms with Gasteiger partial charge in [0, 0.05) is 23.3 Å². The molecule has 0 rings (SSSR count). The van der Waals surface area contributed by atoms with Crippen LogP contribution in [0.3, 0.4) is 0 Å². The van der Waals surface area contributed by atoms with Gasteiger partial charge in [-0.25, -0.2) is 0 Å². The molecule has 0 heterocycles. The van der Waals surface area contributed by atoms with Crippen molar-refractivity contribution < 1.29 is 14.3 Å². The molecule has 0 radical (unpaired) electrons. The maximum atomic E-state index is 12.8. The molecule has 1 unspecified atom stereocenters. The lowest BCUT2D eigenvalue weighted by Crippen LogP contribution is -2.51. The van der Waals surface area contributed by atoms with E-state index in [1.54, 1.807) is 0 Å². The first-order chi connectivity index (χ1) is 12.4. The Morgan fingerprint density at radius 3 is 1.93 bits per heavy atom. The number of carbonyl (C=O) groups excluding carboxylic acids is 2. The number of carbonyl (C=O) groups is 2. The van der Waals surface area contributed by atoms with Gasteiger partial charge in [-0.15, -0.1) is 11.6 Å². The van der Waals surface area contributed by atoms with Gasteiger partial charge in [-0.1, -0.05) is 48.5 Å². The SMILES string of the molecule is CCC(C)(CCl)CC(C)(C)COC(=O)CC[C@H](NC(C)(C)C)C(=O)C(C)(C)C. The van der Waals surface area contributed by atoms with Crippen LogP contribution < -0.4 is 5.32 Å². The van der Waals surface area contributed by atoms with Crippen molar-refractivity contribution in [3.8, 4) is 0 Å². The van der Waals surface area contributed by atoms with Gasteiger partial charge in [-0.2, -0.15) is 0 Å². The maximum Gasteiger partial charge on any atom is 0.305 e. The van der Waals surface area contributed by atoms with E-state index in [1.807, 2.05) is 41.5 Å². The molecule has 0 bridgehead atoms. The molecule has 4 nitrogen and oxygen atoms in total. The van der Waals surface area contributed by atoms with Crippen molar-refractivity contribution in [1.82, 2.24) is 5.32 Å². The van der Waals surface area contributed by atoms with Crippen molar-refractivity contribution >= 4 is 23.4 Å². The Kier molecular flexibility index (Phi) is 10.2. The fourth-order valence-corrected chi connectivity index (χ4v) is 3.68. The number of rotatable bonds is 11. The van der Waals surface area contributed by atoms with Gasteiger partial charge in [0.05, 0.1) is 12.6 Å². The smallest absolute Gasteiger partial charge is 0.305 e. The van der Waals surface area contributed by atoms with Gasteiger partial charge in [-0.3, -0.25) is 9.59 Å². The first-order valence-corrected chi connectivity index (χ1v) is 11.0. The van der Waals surface area contributed by atoms with Crippen LogP contribution in [0.4, 0.5) is 0 Å². The summed E-state index contributed by atoms with van der Waals surface area (Å²) in [7, 11) is 0. The van der Waals surface area contributed by atoms with Gasteiger partial charge in [0.15, 0.2) is 5.78 Å². The van der Waals surface area contributed by atoms with Crippen LogP contribution >= 0.6 is 11.6 Å². The standard InChI is InChI=1S/C23H44ClNO3/c1-11-23(10,15-24)14-22(8,9)16-28-18(26)13-12-17(25-21(5,6)7)19(27)20(2,3)4/h17,25H,11-16H2,1-10H3/t17-,23?/m0/s1. The number of ketones is 1. The Hall–Kier alpha value is -0.610. The molecule has 0 aromatic carbocycles. The highest BCUT2D eigenvalue weighted by Crippen LogP contribution is 2.37. The predicted molar refractivity (Wildman–Crippen MR) is 119 cm³/mol.